The number of aliphatic hydroxyl groups is 1. The Balaban J connectivity index is 0.000000329. The van der Waals surface area contributed by atoms with Crippen molar-refractivity contribution in [3.8, 4) is 23.3 Å². The molecule has 2 amide bonds. The van der Waals surface area contributed by atoms with Crippen molar-refractivity contribution in [2.75, 3.05) is 14.2 Å². The lowest BCUT2D eigenvalue weighted by Gasteiger charge is -2.33. The number of aryl methyl sites for hydroxylation is 2. The SMILES string of the molecule is COc1cc(Cl)cc(C)c1C1=C(O)C2(CCCCC2)NC1=O.COc1cc(Cl)cc(C)c1CC(=O)NC1(C#CC(=O)O)CCCCC1.[HH].[HH]. The van der Waals surface area contributed by atoms with Crippen LogP contribution in [0.1, 0.15) is 89.3 Å². The molecule has 256 valence electrons. The molecule has 2 fully saturated rings. The zero-order valence-corrected chi connectivity index (χ0v) is 28.8. The standard InChI is InChI=1S/C19H22ClNO4.C17H20ClNO3.2H2/c1-13-10-14(20)11-16(25-2)15(13)12-17(22)21-19(9-6-18(23)24)7-4-3-5-8-19;1-10-8-11(18)9-12(22-2)13(10)14-15(20)17(19-16(14)21)6-4-3-5-7-17;;/h10-11H,3-5,7-8,12H2,1-2H3,(H,21,22)(H,23,24);8-9,20H,3-7H2,1-2H3,(H,19,21);2*1H. The Morgan fingerprint density at radius 3 is 2.04 bits per heavy atom. The maximum absolute atomic E-state index is 12.6. The zero-order chi connectivity index (χ0) is 34.4. The molecule has 11 heteroatoms. The van der Waals surface area contributed by atoms with E-state index in [-0.39, 0.29) is 26.8 Å². The molecule has 3 aliphatic rings. The number of hydrogen-bond acceptors (Lipinski definition) is 6. The first kappa shape index (κ1) is 36.0. The van der Waals surface area contributed by atoms with Gasteiger partial charge in [0.1, 0.15) is 22.8 Å². The molecule has 9 nitrogen and oxygen atoms in total. The summed E-state index contributed by atoms with van der Waals surface area (Å²) in [7, 11) is 3.07. The molecule has 0 aromatic heterocycles. The quantitative estimate of drug-likeness (QED) is 0.233. The van der Waals surface area contributed by atoms with Gasteiger partial charge in [-0.25, -0.2) is 4.79 Å². The number of carbonyl (C=O) groups excluding carboxylic acids is 2. The van der Waals surface area contributed by atoms with Gasteiger partial charge < -0.3 is 30.3 Å². The molecular weight excluding hydrogens is 643 g/mol. The minimum atomic E-state index is -1.19. The summed E-state index contributed by atoms with van der Waals surface area (Å²) >= 11 is 12.1. The first-order chi connectivity index (χ1) is 22.3. The number of nitrogens with one attached hydrogen (secondary N) is 2. The van der Waals surface area contributed by atoms with Crippen molar-refractivity contribution in [2.45, 2.75) is 95.6 Å². The number of aliphatic hydroxyl groups excluding tert-OH is 1. The Bertz CT molecular complexity index is 1640. The summed E-state index contributed by atoms with van der Waals surface area (Å²) < 4.78 is 10.7. The van der Waals surface area contributed by atoms with E-state index in [2.05, 4.69) is 22.5 Å². The lowest BCUT2D eigenvalue weighted by Crippen LogP contribution is -2.49. The predicted molar refractivity (Wildman–Crippen MR) is 186 cm³/mol. The second-order valence-corrected chi connectivity index (χ2v) is 13.3. The fourth-order valence-corrected chi connectivity index (χ4v) is 7.39. The van der Waals surface area contributed by atoms with E-state index in [0.717, 1.165) is 68.1 Å². The van der Waals surface area contributed by atoms with E-state index >= 15 is 0 Å². The molecule has 2 aromatic rings. The van der Waals surface area contributed by atoms with E-state index in [1.807, 2.05) is 13.8 Å². The average Bonchev–Trinajstić information content (AvgIpc) is 3.25. The third kappa shape index (κ3) is 8.35. The van der Waals surface area contributed by atoms with Crippen LogP contribution in [0, 0.1) is 25.7 Å². The lowest BCUT2D eigenvalue weighted by atomic mass is 9.80. The summed E-state index contributed by atoms with van der Waals surface area (Å²) in [6.45, 7) is 3.74. The summed E-state index contributed by atoms with van der Waals surface area (Å²) in [5.74, 6) is 4.55. The van der Waals surface area contributed by atoms with Crippen molar-refractivity contribution in [3.05, 3.63) is 62.3 Å². The second-order valence-electron chi connectivity index (χ2n) is 12.4. The number of hydrogen-bond donors (Lipinski definition) is 4. The molecule has 1 heterocycles. The van der Waals surface area contributed by atoms with Crippen LogP contribution in [0.25, 0.3) is 5.57 Å². The highest BCUT2D eigenvalue weighted by Crippen LogP contribution is 2.44. The predicted octanol–water partition coefficient (Wildman–Crippen LogP) is 7.36. The Morgan fingerprint density at radius 2 is 1.47 bits per heavy atom. The van der Waals surface area contributed by atoms with Gasteiger partial charge in [-0.2, -0.15) is 0 Å². The van der Waals surface area contributed by atoms with Crippen molar-refractivity contribution in [3.63, 3.8) is 0 Å². The van der Waals surface area contributed by atoms with Crippen LogP contribution in [-0.4, -0.2) is 53.3 Å². The van der Waals surface area contributed by atoms with Gasteiger partial charge in [0.05, 0.1) is 31.8 Å². The molecule has 1 aliphatic heterocycles. The lowest BCUT2D eigenvalue weighted by molar-refractivity contribution is -0.130. The number of carboxylic acids is 1. The van der Waals surface area contributed by atoms with E-state index in [1.165, 1.54) is 14.2 Å². The first-order valence-electron chi connectivity index (χ1n) is 15.8. The number of ether oxygens (including phenoxy) is 2. The van der Waals surface area contributed by atoms with E-state index in [9.17, 15) is 19.5 Å². The minimum absolute atomic E-state index is 0. The summed E-state index contributed by atoms with van der Waals surface area (Å²) in [5, 5.41) is 26.7. The highest BCUT2D eigenvalue weighted by molar-refractivity contribution is 6.31. The van der Waals surface area contributed by atoms with Crippen LogP contribution in [0.15, 0.2) is 30.0 Å². The van der Waals surface area contributed by atoms with Gasteiger partial charge in [0.15, 0.2) is 0 Å². The van der Waals surface area contributed by atoms with E-state index in [4.69, 9.17) is 37.8 Å². The zero-order valence-electron chi connectivity index (χ0n) is 27.3. The third-order valence-corrected chi connectivity index (χ3v) is 9.60. The van der Waals surface area contributed by atoms with Crippen LogP contribution >= 0.6 is 23.2 Å². The fourth-order valence-electron chi connectivity index (χ4n) is 6.86. The molecule has 5 rings (SSSR count). The maximum atomic E-state index is 12.6. The Hall–Kier alpha value is -3.87. The summed E-state index contributed by atoms with van der Waals surface area (Å²) in [4.78, 5) is 36.0. The largest absolute Gasteiger partial charge is 0.509 e. The van der Waals surface area contributed by atoms with E-state index < -0.39 is 17.0 Å². The van der Waals surface area contributed by atoms with Gasteiger partial charge in [0, 0.05) is 29.9 Å². The van der Waals surface area contributed by atoms with Gasteiger partial charge in [-0.15, -0.1) is 0 Å². The highest BCUT2D eigenvalue weighted by atomic mass is 35.5. The molecule has 4 N–H and O–H groups in total. The summed E-state index contributed by atoms with van der Waals surface area (Å²) in [6.07, 6.45) is 9.07. The number of carboxylic acid groups (broad SMARTS) is 1. The van der Waals surface area contributed by atoms with Gasteiger partial charge in [-0.1, -0.05) is 67.6 Å². The van der Waals surface area contributed by atoms with Crippen molar-refractivity contribution in [1.82, 2.24) is 10.6 Å². The number of rotatable bonds is 6. The van der Waals surface area contributed by atoms with Crippen LogP contribution in [0.3, 0.4) is 0 Å². The van der Waals surface area contributed by atoms with Gasteiger partial charge >= 0.3 is 5.97 Å². The number of aliphatic carboxylic acids is 1. The van der Waals surface area contributed by atoms with Crippen LogP contribution in [0.2, 0.25) is 10.0 Å². The van der Waals surface area contributed by atoms with E-state index in [1.54, 1.807) is 24.3 Å². The number of carbonyl (C=O) groups is 3. The molecule has 2 aromatic carbocycles. The van der Waals surface area contributed by atoms with Gasteiger partial charge in [-0.3, -0.25) is 9.59 Å². The van der Waals surface area contributed by atoms with Crippen LogP contribution < -0.4 is 20.1 Å². The normalized spacial score (nSPS) is 17.9. The highest BCUT2D eigenvalue weighted by Gasteiger charge is 2.47. The molecule has 1 spiro atoms. The monoisotopic (exact) mass is 688 g/mol. The molecule has 0 saturated heterocycles. The molecular formula is C36H46Cl2N2O7. The minimum Gasteiger partial charge on any atom is -0.509 e. The van der Waals surface area contributed by atoms with Crippen LogP contribution in [-0.2, 0) is 20.8 Å². The van der Waals surface area contributed by atoms with Crippen molar-refractivity contribution < 1.29 is 36.9 Å². The molecule has 47 heavy (non-hydrogen) atoms. The van der Waals surface area contributed by atoms with Crippen molar-refractivity contribution in [2.24, 2.45) is 0 Å². The molecule has 0 unspecified atom stereocenters. The Morgan fingerprint density at radius 1 is 0.915 bits per heavy atom. The van der Waals surface area contributed by atoms with Gasteiger partial charge in [0.25, 0.3) is 5.91 Å². The van der Waals surface area contributed by atoms with Gasteiger partial charge in [0.2, 0.25) is 5.91 Å². The number of benzene rings is 2. The van der Waals surface area contributed by atoms with Crippen LogP contribution in [0.5, 0.6) is 11.5 Å². The summed E-state index contributed by atoms with van der Waals surface area (Å²) in [6, 6.07) is 6.91. The number of amides is 2. The fraction of sp³-hybridized carbons (Fsp3) is 0.472. The van der Waals surface area contributed by atoms with Crippen molar-refractivity contribution in [1.29, 1.82) is 0 Å². The van der Waals surface area contributed by atoms with E-state index in [0.29, 0.717) is 45.5 Å². The molecule has 0 bridgehead atoms. The maximum Gasteiger partial charge on any atom is 0.381 e. The van der Waals surface area contributed by atoms with Gasteiger partial charge in [-0.05, 0) is 74.9 Å². The smallest absolute Gasteiger partial charge is 0.381 e. The molecule has 2 aliphatic carbocycles. The summed E-state index contributed by atoms with van der Waals surface area (Å²) in [5.41, 5.74) is 2.05. The van der Waals surface area contributed by atoms with Crippen molar-refractivity contribution >= 4 is 46.6 Å². The third-order valence-electron chi connectivity index (χ3n) is 9.16. The number of halogens is 2. The molecule has 0 atom stereocenters. The molecule has 2 saturated carbocycles. The van der Waals surface area contributed by atoms with Crippen LogP contribution in [0.4, 0.5) is 0 Å². The molecule has 0 radical (unpaired) electrons. The Labute approximate surface area is 289 Å². The topological polar surface area (TPSA) is 134 Å². The Kier molecular flexibility index (Phi) is 11.8. The average molecular weight is 690 g/mol. The second kappa shape index (κ2) is 15.4. The first-order valence-corrected chi connectivity index (χ1v) is 16.6. The number of methoxy groups -OCH3 is 2.